The molecule has 11 heteroatoms. The second-order valence-corrected chi connectivity index (χ2v) is 8.06. The maximum absolute atomic E-state index is 12.4. The number of hydrogen-bond donors (Lipinski definition) is 6. The Labute approximate surface area is 176 Å². The molecule has 0 saturated heterocycles. The number of nitrogens with one attached hydrogen (secondary N) is 3. The van der Waals surface area contributed by atoms with Gasteiger partial charge in [-0.2, -0.15) is 11.8 Å². The summed E-state index contributed by atoms with van der Waals surface area (Å²) >= 11 is 1.52. The molecule has 3 atom stereocenters. The Morgan fingerprint density at radius 3 is 2.21 bits per heavy atom. The maximum Gasteiger partial charge on any atom is 0.326 e. The van der Waals surface area contributed by atoms with Gasteiger partial charge in [0.2, 0.25) is 17.7 Å². The Hall–Kier alpha value is -1.85. The molecule has 0 aliphatic rings. The number of unbranched alkanes of at least 4 members (excludes halogenated alkanes) is 1. The van der Waals surface area contributed by atoms with Gasteiger partial charge in [0.1, 0.15) is 12.1 Å². The maximum atomic E-state index is 12.4. The molecule has 0 spiro atoms. The van der Waals surface area contributed by atoms with Gasteiger partial charge in [-0.25, -0.2) is 4.79 Å². The summed E-state index contributed by atoms with van der Waals surface area (Å²) in [7, 11) is 0. The van der Waals surface area contributed by atoms with Gasteiger partial charge in [-0.15, -0.1) is 0 Å². The van der Waals surface area contributed by atoms with Gasteiger partial charge >= 0.3 is 5.97 Å². The largest absolute Gasteiger partial charge is 0.480 e. The first kappa shape index (κ1) is 27.1. The Kier molecular flexibility index (Phi) is 14.1. The van der Waals surface area contributed by atoms with Crippen LogP contribution in [0.15, 0.2) is 0 Å². The first-order valence-corrected chi connectivity index (χ1v) is 11.1. The fourth-order valence-electron chi connectivity index (χ4n) is 2.45. The molecule has 0 rings (SSSR count). The molecule has 168 valence electrons. The predicted molar refractivity (Wildman–Crippen MR) is 113 cm³/mol. The predicted octanol–water partition coefficient (Wildman–Crippen LogP) is -0.978. The fraction of sp³-hybridized carbons (Fsp3) is 0.778. The highest BCUT2D eigenvalue weighted by atomic mass is 32.2. The van der Waals surface area contributed by atoms with E-state index in [1.54, 1.807) is 13.8 Å². The number of thioether (sulfide) groups is 1. The van der Waals surface area contributed by atoms with Crippen molar-refractivity contribution in [3.05, 3.63) is 0 Å². The fourth-order valence-corrected chi connectivity index (χ4v) is 2.92. The van der Waals surface area contributed by atoms with Gasteiger partial charge in [-0.05, 0) is 43.7 Å². The number of nitrogens with two attached hydrogens (primary N) is 2. The summed E-state index contributed by atoms with van der Waals surface area (Å²) in [4.78, 5) is 47.8. The van der Waals surface area contributed by atoms with Gasteiger partial charge in [0.15, 0.2) is 0 Å². The molecule has 0 bridgehead atoms. The van der Waals surface area contributed by atoms with Crippen molar-refractivity contribution in [3.8, 4) is 0 Å². The van der Waals surface area contributed by atoms with Crippen LogP contribution in [0.2, 0.25) is 0 Å². The zero-order valence-corrected chi connectivity index (χ0v) is 18.2. The van der Waals surface area contributed by atoms with Crippen molar-refractivity contribution in [2.75, 3.05) is 25.1 Å². The molecule has 3 unspecified atom stereocenters. The minimum atomic E-state index is -1.14. The van der Waals surface area contributed by atoms with E-state index < -0.39 is 41.8 Å². The highest BCUT2D eigenvalue weighted by Gasteiger charge is 2.26. The molecule has 10 nitrogen and oxygen atoms in total. The summed E-state index contributed by atoms with van der Waals surface area (Å²) in [5.74, 6) is -2.39. The SMILES string of the molecule is CSCCC(NC(=O)C(N)CCCCN)C(=O)NCC(=O)NC(C(=O)O)C(C)C. The van der Waals surface area contributed by atoms with Crippen molar-refractivity contribution in [1.82, 2.24) is 16.0 Å². The first-order valence-electron chi connectivity index (χ1n) is 9.68. The Balaban J connectivity index is 4.72. The minimum absolute atomic E-state index is 0.304. The van der Waals surface area contributed by atoms with E-state index in [1.807, 2.05) is 6.26 Å². The first-order chi connectivity index (χ1) is 13.6. The summed E-state index contributed by atoms with van der Waals surface area (Å²) in [6.07, 6.45) is 4.20. The van der Waals surface area contributed by atoms with Gasteiger partial charge < -0.3 is 32.5 Å². The van der Waals surface area contributed by atoms with E-state index in [2.05, 4.69) is 16.0 Å². The standard InChI is InChI=1S/C18H35N5O5S/c1-11(2)15(18(27)28)23-14(24)10-21-17(26)13(7-9-29-3)22-16(25)12(20)6-4-5-8-19/h11-13,15H,4-10,19-20H2,1-3H3,(H,21,26)(H,22,25)(H,23,24)(H,27,28). The third-order valence-corrected chi connectivity index (χ3v) is 4.87. The zero-order valence-electron chi connectivity index (χ0n) is 17.4. The molecule has 3 amide bonds. The second-order valence-electron chi connectivity index (χ2n) is 7.08. The van der Waals surface area contributed by atoms with Crippen LogP contribution in [0.3, 0.4) is 0 Å². The summed E-state index contributed by atoms with van der Waals surface area (Å²) in [5.41, 5.74) is 11.3. The number of hydrogen-bond acceptors (Lipinski definition) is 7. The average molecular weight is 434 g/mol. The Morgan fingerprint density at radius 1 is 1.03 bits per heavy atom. The van der Waals surface area contributed by atoms with Crippen molar-refractivity contribution in [2.24, 2.45) is 17.4 Å². The number of carboxylic acids is 1. The van der Waals surface area contributed by atoms with E-state index in [0.29, 0.717) is 31.6 Å². The van der Waals surface area contributed by atoms with Crippen molar-refractivity contribution >= 4 is 35.5 Å². The molecule has 0 aliphatic carbocycles. The van der Waals surface area contributed by atoms with Crippen molar-refractivity contribution < 1.29 is 24.3 Å². The van der Waals surface area contributed by atoms with E-state index in [4.69, 9.17) is 16.6 Å². The van der Waals surface area contributed by atoms with E-state index in [9.17, 15) is 19.2 Å². The third kappa shape index (κ3) is 11.7. The lowest BCUT2D eigenvalue weighted by atomic mass is 10.0. The van der Waals surface area contributed by atoms with Crippen LogP contribution in [-0.4, -0.2) is 72.0 Å². The lowest BCUT2D eigenvalue weighted by Gasteiger charge is -2.21. The third-order valence-electron chi connectivity index (χ3n) is 4.22. The minimum Gasteiger partial charge on any atom is -0.480 e. The van der Waals surface area contributed by atoms with E-state index >= 15 is 0 Å². The Bertz CT molecular complexity index is 547. The van der Waals surface area contributed by atoms with Crippen LogP contribution < -0.4 is 27.4 Å². The topological polar surface area (TPSA) is 177 Å². The molecule has 0 radical (unpaired) electrons. The van der Waals surface area contributed by atoms with E-state index in [-0.39, 0.29) is 12.5 Å². The quantitative estimate of drug-likeness (QED) is 0.179. The summed E-state index contributed by atoms with van der Waals surface area (Å²) in [6.45, 7) is 3.48. The smallest absolute Gasteiger partial charge is 0.326 e. The highest BCUT2D eigenvalue weighted by Crippen LogP contribution is 2.04. The lowest BCUT2D eigenvalue weighted by molar-refractivity contribution is -0.143. The van der Waals surface area contributed by atoms with Crippen LogP contribution in [0.1, 0.15) is 39.5 Å². The normalized spacial score (nSPS) is 14.0. The van der Waals surface area contributed by atoms with Gasteiger partial charge in [0, 0.05) is 0 Å². The van der Waals surface area contributed by atoms with Gasteiger partial charge in [-0.3, -0.25) is 14.4 Å². The molecule has 0 aromatic carbocycles. The number of aliphatic carboxylic acids is 1. The summed E-state index contributed by atoms with van der Waals surface area (Å²) in [6, 6.07) is -2.61. The van der Waals surface area contributed by atoms with Crippen LogP contribution in [0.4, 0.5) is 0 Å². The number of carboxylic acid groups (broad SMARTS) is 1. The summed E-state index contributed by atoms with van der Waals surface area (Å²) in [5, 5.41) is 16.6. The van der Waals surface area contributed by atoms with Gasteiger partial charge in [0.05, 0.1) is 12.6 Å². The molecule has 0 fully saturated rings. The number of carbonyl (C=O) groups is 4. The van der Waals surface area contributed by atoms with Crippen molar-refractivity contribution in [3.63, 3.8) is 0 Å². The lowest BCUT2D eigenvalue weighted by Crippen LogP contribution is -2.54. The monoisotopic (exact) mass is 433 g/mol. The van der Waals surface area contributed by atoms with Crippen LogP contribution in [0, 0.1) is 5.92 Å². The number of carbonyl (C=O) groups excluding carboxylic acids is 3. The van der Waals surface area contributed by atoms with Crippen LogP contribution in [-0.2, 0) is 19.2 Å². The molecule has 0 aliphatic heterocycles. The second kappa shape index (κ2) is 15.1. The number of amides is 3. The molecule has 29 heavy (non-hydrogen) atoms. The number of rotatable bonds is 15. The van der Waals surface area contributed by atoms with Crippen LogP contribution in [0.25, 0.3) is 0 Å². The summed E-state index contributed by atoms with van der Waals surface area (Å²) < 4.78 is 0. The molecule has 0 aromatic rings. The average Bonchev–Trinajstić information content (AvgIpc) is 2.66. The highest BCUT2D eigenvalue weighted by molar-refractivity contribution is 7.98. The molecule has 0 saturated carbocycles. The van der Waals surface area contributed by atoms with Crippen LogP contribution >= 0.6 is 11.8 Å². The van der Waals surface area contributed by atoms with Crippen LogP contribution in [0.5, 0.6) is 0 Å². The van der Waals surface area contributed by atoms with Gasteiger partial charge in [-0.1, -0.05) is 20.3 Å². The molecule has 8 N–H and O–H groups in total. The molecular weight excluding hydrogens is 398 g/mol. The van der Waals surface area contributed by atoms with E-state index in [1.165, 1.54) is 11.8 Å². The zero-order chi connectivity index (χ0) is 22.4. The van der Waals surface area contributed by atoms with Crippen molar-refractivity contribution in [2.45, 2.75) is 57.7 Å². The van der Waals surface area contributed by atoms with E-state index in [0.717, 1.165) is 6.42 Å². The Morgan fingerprint density at radius 2 is 1.69 bits per heavy atom. The molecule has 0 heterocycles. The molecular formula is C18H35N5O5S. The molecule has 0 aromatic heterocycles. The van der Waals surface area contributed by atoms with Crippen molar-refractivity contribution in [1.29, 1.82) is 0 Å². The van der Waals surface area contributed by atoms with Gasteiger partial charge in [0.25, 0.3) is 0 Å².